The fourth-order valence-electron chi connectivity index (χ4n) is 5.66. The lowest BCUT2D eigenvalue weighted by molar-refractivity contribution is -0.127. The molecule has 1 amide bonds. The van der Waals surface area contributed by atoms with Crippen LogP contribution < -0.4 is 10.9 Å². The van der Waals surface area contributed by atoms with Crippen molar-refractivity contribution in [1.29, 1.82) is 0 Å². The van der Waals surface area contributed by atoms with E-state index < -0.39 is 5.92 Å². The van der Waals surface area contributed by atoms with Crippen LogP contribution in [0, 0.1) is 17.8 Å². The molecule has 3 aromatic heterocycles. The number of hydrogen-bond donors (Lipinski definition) is 2. The molecule has 2 aliphatic heterocycles. The van der Waals surface area contributed by atoms with E-state index in [0.29, 0.717) is 31.1 Å². The molecule has 4 atom stereocenters. The predicted octanol–water partition coefficient (Wildman–Crippen LogP) is 2.06. The van der Waals surface area contributed by atoms with E-state index in [1.54, 1.807) is 29.9 Å². The van der Waals surface area contributed by atoms with Gasteiger partial charge in [-0.2, -0.15) is 0 Å². The normalized spacial score (nSPS) is 25.8. The number of fused-ring (bicyclic) bond motifs is 4. The Morgan fingerprint density at radius 1 is 1.18 bits per heavy atom. The minimum Gasteiger partial charge on any atom is -0.396 e. The van der Waals surface area contributed by atoms with Crippen molar-refractivity contribution in [3.63, 3.8) is 0 Å². The molecule has 3 aliphatic rings. The van der Waals surface area contributed by atoms with Gasteiger partial charge in [0.15, 0.2) is 0 Å². The molecule has 5 heterocycles. The van der Waals surface area contributed by atoms with Gasteiger partial charge in [-0.25, -0.2) is 4.98 Å². The van der Waals surface area contributed by atoms with Crippen LogP contribution >= 0.6 is 11.3 Å². The topological polar surface area (TPSA) is 100 Å². The van der Waals surface area contributed by atoms with Crippen LogP contribution in [0.4, 0.5) is 0 Å². The minimum absolute atomic E-state index is 0.0262. The zero-order valence-corrected chi connectivity index (χ0v) is 19.5. The van der Waals surface area contributed by atoms with Crippen molar-refractivity contribution in [2.24, 2.45) is 17.8 Å². The fraction of sp³-hybridized carbons (Fsp3) is 0.440. The minimum atomic E-state index is -0.423. The van der Waals surface area contributed by atoms with E-state index in [1.807, 2.05) is 34.2 Å². The third kappa shape index (κ3) is 3.68. The molecule has 34 heavy (non-hydrogen) atoms. The van der Waals surface area contributed by atoms with E-state index in [9.17, 15) is 14.7 Å². The molecule has 6 rings (SSSR count). The predicted molar refractivity (Wildman–Crippen MR) is 128 cm³/mol. The fourth-order valence-corrected chi connectivity index (χ4v) is 6.29. The summed E-state index contributed by atoms with van der Waals surface area (Å²) in [5.41, 5.74) is 2.21. The first-order chi connectivity index (χ1) is 16.7. The molecule has 0 aromatic carbocycles. The maximum atomic E-state index is 13.6. The summed E-state index contributed by atoms with van der Waals surface area (Å²) in [5, 5.41) is 16.5. The molecule has 1 saturated carbocycles. The van der Waals surface area contributed by atoms with Crippen LogP contribution in [-0.2, 0) is 17.9 Å². The van der Waals surface area contributed by atoms with Gasteiger partial charge in [0.2, 0.25) is 5.91 Å². The van der Waals surface area contributed by atoms with Crippen LogP contribution in [0.3, 0.4) is 0 Å². The number of carbonyl (C=O) groups excluding carboxylic acids is 1. The van der Waals surface area contributed by atoms with Crippen LogP contribution in [0.15, 0.2) is 53.0 Å². The van der Waals surface area contributed by atoms with Gasteiger partial charge in [0, 0.05) is 66.9 Å². The number of aliphatic hydroxyl groups excluding tert-OH is 1. The third-order valence-corrected chi connectivity index (χ3v) is 8.29. The average Bonchev–Trinajstić information content (AvgIpc) is 3.50. The van der Waals surface area contributed by atoms with Crippen LogP contribution in [0.5, 0.6) is 0 Å². The molecule has 9 heteroatoms. The van der Waals surface area contributed by atoms with E-state index in [2.05, 4.69) is 20.2 Å². The standard InChI is InChI=1S/C25H27N5O3S/c31-14-18-20-12-30-19(4-3-17(25(30)33)16-5-7-26-8-6-16)23(29(20)13-21-27-9-10-34-21)22(18)24(32)28-11-15-1-2-15/h3-10,15,18,20,22-23,31H,1-2,11-14H2,(H,28,32)/t18-,20-,22+,23+/m0/s1. The van der Waals surface area contributed by atoms with E-state index >= 15 is 0 Å². The highest BCUT2D eigenvalue weighted by atomic mass is 32.1. The molecule has 0 spiro atoms. The lowest BCUT2D eigenvalue weighted by atomic mass is 9.86. The molecule has 2 fully saturated rings. The molecule has 1 saturated heterocycles. The highest BCUT2D eigenvalue weighted by molar-refractivity contribution is 7.09. The Hall–Kier alpha value is -2.88. The van der Waals surface area contributed by atoms with Gasteiger partial charge in [-0.05, 0) is 48.6 Å². The molecule has 2 bridgehead atoms. The van der Waals surface area contributed by atoms with Gasteiger partial charge in [0.1, 0.15) is 5.01 Å². The molecule has 2 N–H and O–H groups in total. The average molecular weight is 478 g/mol. The van der Waals surface area contributed by atoms with Crippen molar-refractivity contribution in [2.45, 2.75) is 38.0 Å². The molecule has 176 valence electrons. The number of aromatic nitrogens is 3. The lowest BCUT2D eigenvalue weighted by Crippen LogP contribution is -2.46. The summed E-state index contributed by atoms with van der Waals surface area (Å²) >= 11 is 1.58. The van der Waals surface area contributed by atoms with Gasteiger partial charge in [-0.3, -0.25) is 19.5 Å². The summed E-state index contributed by atoms with van der Waals surface area (Å²) in [6.07, 6.45) is 7.47. The quantitative estimate of drug-likeness (QED) is 0.540. The maximum absolute atomic E-state index is 13.6. The smallest absolute Gasteiger partial charge is 0.258 e. The Morgan fingerprint density at radius 3 is 2.71 bits per heavy atom. The molecule has 1 aliphatic carbocycles. The Balaban J connectivity index is 1.42. The monoisotopic (exact) mass is 477 g/mol. The Labute approximate surface area is 201 Å². The van der Waals surface area contributed by atoms with Gasteiger partial charge in [0.05, 0.1) is 18.5 Å². The van der Waals surface area contributed by atoms with Gasteiger partial charge >= 0.3 is 0 Å². The highest BCUT2D eigenvalue weighted by Crippen LogP contribution is 2.49. The first-order valence-electron chi connectivity index (χ1n) is 11.8. The zero-order chi connectivity index (χ0) is 23.2. The molecule has 0 unspecified atom stereocenters. The number of nitrogens with zero attached hydrogens (tertiary/aromatic N) is 4. The number of rotatable bonds is 7. The molecule has 8 nitrogen and oxygen atoms in total. The zero-order valence-electron chi connectivity index (χ0n) is 18.7. The van der Waals surface area contributed by atoms with Gasteiger partial charge in [0.25, 0.3) is 5.56 Å². The van der Waals surface area contributed by atoms with Crippen LogP contribution in [-0.4, -0.2) is 49.6 Å². The number of thiazole rings is 1. The third-order valence-electron chi connectivity index (χ3n) is 7.53. The molecule has 0 radical (unpaired) electrons. The molecular weight excluding hydrogens is 450 g/mol. The summed E-state index contributed by atoms with van der Waals surface area (Å²) in [6, 6.07) is 7.08. The second kappa shape index (κ2) is 8.72. The van der Waals surface area contributed by atoms with Crippen molar-refractivity contribution in [2.75, 3.05) is 13.2 Å². The number of nitrogens with one attached hydrogen (secondary N) is 1. The van der Waals surface area contributed by atoms with Crippen molar-refractivity contribution in [3.05, 3.63) is 69.3 Å². The van der Waals surface area contributed by atoms with Gasteiger partial charge in [-0.1, -0.05) is 0 Å². The summed E-state index contributed by atoms with van der Waals surface area (Å²) in [5.74, 6) is -0.135. The van der Waals surface area contributed by atoms with Crippen LogP contribution in [0.1, 0.15) is 29.6 Å². The number of pyridine rings is 2. The molecule has 3 aromatic rings. The van der Waals surface area contributed by atoms with Crippen molar-refractivity contribution >= 4 is 17.2 Å². The summed E-state index contributed by atoms with van der Waals surface area (Å²) < 4.78 is 1.82. The second-order valence-electron chi connectivity index (χ2n) is 9.49. The van der Waals surface area contributed by atoms with Crippen molar-refractivity contribution in [1.82, 2.24) is 24.8 Å². The van der Waals surface area contributed by atoms with Crippen molar-refractivity contribution < 1.29 is 9.90 Å². The van der Waals surface area contributed by atoms with Crippen LogP contribution in [0.2, 0.25) is 0 Å². The SMILES string of the molecule is O=C(NCC1CC1)[C@@H]1[C@@H](CO)[C@@H]2Cn3c(ccc(-c4ccncc4)c3=O)[C@H]1N2Cc1nccs1. The van der Waals surface area contributed by atoms with E-state index in [0.717, 1.165) is 29.1 Å². The van der Waals surface area contributed by atoms with E-state index in [4.69, 9.17) is 0 Å². The van der Waals surface area contributed by atoms with Crippen LogP contribution in [0.25, 0.3) is 11.1 Å². The van der Waals surface area contributed by atoms with Crippen molar-refractivity contribution in [3.8, 4) is 11.1 Å². The number of carbonyl (C=O) groups is 1. The Kier molecular flexibility index (Phi) is 5.55. The Morgan fingerprint density at radius 2 is 2.00 bits per heavy atom. The Bertz CT molecular complexity index is 1240. The first-order valence-corrected chi connectivity index (χ1v) is 12.7. The largest absolute Gasteiger partial charge is 0.396 e. The first kappa shape index (κ1) is 21.6. The number of aliphatic hydroxyl groups is 1. The number of amides is 1. The highest BCUT2D eigenvalue weighted by Gasteiger charge is 2.55. The molecular formula is C25H27N5O3S. The summed E-state index contributed by atoms with van der Waals surface area (Å²) in [6.45, 7) is 1.62. The summed E-state index contributed by atoms with van der Waals surface area (Å²) in [7, 11) is 0. The van der Waals surface area contributed by atoms with E-state index in [1.165, 1.54) is 0 Å². The number of hydrogen-bond acceptors (Lipinski definition) is 7. The lowest BCUT2D eigenvalue weighted by Gasteiger charge is -2.37. The second-order valence-corrected chi connectivity index (χ2v) is 10.5. The summed E-state index contributed by atoms with van der Waals surface area (Å²) in [4.78, 5) is 37.9. The van der Waals surface area contributed by atoms with E-state index in [-0.39, 0.29) is 36.1 Å². The van der Waals surface area contributed by atoms with Gasteiger partial charge < -0.3 is 15.0 Å². The maximum Gasteiger partial charge on any atom is 0.258 e. The van der Waals surface area contributed by atoms with Gasteiger partial charge in [-0.15, -0.1) is 11.3 Å².